The van der Waals surface area contributed by atoms with Gasteiger partial charge in [-0.3, -0.25) is 0 Å². The largest absolute Gasteiger partial charge is 0.497 e. The molecule has 1 rings (SSSR count). The molecule has 0 aliphatic carbocycles. The van der Waals surface area contributed by atoms with Crippen molar-refractivity contribution >= 4 is 10.0 Å². The zero-order valence-corrected chi connectivity index (χ0v) is 11.4. The van der Waals surface area contributed by atoms with Crippen LogP contribution < -0.4 is 4.74 Å². The average Bonchev–Trinajstić information content (AvgIpc) is 2.37. The number of ether oxygens (including phenoxy) is 1. The van der Waals surface area contributed by atoms with Crippen molar-refractivity contribution in [2.75, 3.05) is 14.2 Å². The van der Waals surface area contributed by atoms with Crippen LogP contribution in [0, 0.1) is 11.3 Å². The van der Waals surface area contributed by atoms with Gasteiger partial charge in [0.25, 0.3) is 0 Å². The van der Waals surface area contributed by atoms with E-state index in [1.54, 1.807) is 31.4 Å². The molecule has 0 heterocycles. The molecule has 0 radical (unpaired) electrons. The summed E-state index contributed by atoms with van der Waals surface area (Å²) in [4.78, 5) is 0. The topological polar surface area (TPSA) is 70.4 Å². The van der Waals surface area contributed by atoms with Gasteiger partial charge in [-0.25, -0.2) is 8.42 Å². The summed E-state index contributed by atoms with van der Waals surface area (Å²) in [7, 11) is -0.562. The van der Waals surface area contributed by atoms with Gasteiger partial charge >= 0.3 is 0 Å². The van der Waals surface area contributed by atoms with E-state index in [2.05, 4.69) is 0 Å². The Bertz CT molecular complexity index is 549. The first-order chi connectivity index (χ1) is 8.41. The highest BCUT2D eigenvalue weighted by molar-refractivity contribution is 7.89. The Balaban J connectivity index is 2.88. The van der Waals surface area contributed by atoms with Gasteiger partial charge in [-0.2, -0.15) is 9.57 Å². The highest BCUT2D eigenvalue weighted by Crippen LogP contribution is 2.16. The molecule has 0 aromatic heterocycles. The first kappa shape index (κ1) is 14.5. The van der Waals surface area contributed by atoms with Gasteiger partial charge in [0, 0.05) is 13.6 Å². The van der Waals surface area contributed by atoms with Crippen molar-refractivity contribution in [1.29, 1.82) is 5.26 Å². The standard InChI is InChI=1S/C12H16N2O3S/c1-10(8-13)18(15,16)14(2)9-11-5-4-6-12(7-11)17-3/h4-7,10H,9H2,1-3H3. The van der Waals surface area contributed by atoms with Gasteiger partial charge < -0.3 is 4.74 Å². The minimum absolute atomic E-state index is 0.214. The summed E-state index contributed by atoms with van der Waals surface area (Å²) < 4.78 is 30.0. The smallest absolute Gasteiger partial charge is 0.230 e. The molecule has 1 unspecified atom stereocenters. The molecular weight excluding hydrogens is 252 g/mol. The molecule has 1 atom stereocenters. The van der Waals surface area contributed by atoms with Crippen LogP contribution in [0.15, 0.2) is 24.3 Å². The molecule has 6 heteroatoms. The summed E-state index contributed by atoms with van der Waals surface area (Å²) in [6.07, 6.45) is 0. The van der Waals surface area contributed by atoms with Crippen LogP contribution in [-0.2, 0) is 16.6 Å². The van der Waals surface area contributed by atoms with Gasteiger partial charge in [-0.05, 0) is 24.6 Å². The lowest BCUT2D eigenvalue weighted by Crippen LogP contribution is -2.33. The number of rotatable bonds is 5. The van der Waals surface area contributed by atoms with E-state index in [0.717, 1.165) is 5.56 Å². The van der Waals surface area contributed by atoms with Crippen LogP contribution in [0.25, 0.3) is 0 Å². The number of methoxy groups -OCH3 is 1. The van der Waals surface area contributed by atoms with E-state index in [1.165, 1.54) is 18.3 Å². The van der Waals surface area contributed by atoms with E-state index in [9.17, 15) is 8.42 Å². The summed E-state index contributed by atoms with van der Waals surface area (Å²) >= 11 is 0. The van der Waals surface area contributed by atoms with Crippen LogP contribution in [0.5, 0.6) is 5.75 Å². The fourth-order valence-electron chi connectivity index (χ4n) is 1.45. The van der Waals surface area contributed by atoms with Gasteiger partial charge in [0.2, 0.25) is 10.0 Å². The number of nitrogens with zero attached hydrogens (tertiary/aromatic N) is 2. The number of nitriles is 1. The van der Waals surface area contributed by atoms with Crippen molar-refractivity contribution in [3.8, 4) is 11.8 Å². The SMILES string of the molecule is COc1cccc(CN(C)S(=O)(=O)C(C)C#N)c1. The molecule has 18 heavy (non-hydrogen) atoms. The van der Waals surface area contributed by atoms with Gasteiger partial charge in [-0.1, -0.05) is 12.1 Å². The fourth-order valence-corrected chi connectivity index (χ4v) is 2.46. The molecule has 0 fully saturated rings. The normalized spacial score (nSPS) is 13.1. The number of sulfonamides is 1. The van der Waals surface area contributed by atoms with E-state index >= 15 is 0 Å². The molecule has 5 nitrogen and oxygen atoms in total. The lowest BCUT2D eigenvalue weighted by molar-refractivity contribution is 0.412. The molecule has 0 saturated carbocycles. The number of benzene rings is 1. The van der Waals surface area contributed by atoms with Crippen LogP contribution in [0.1, 0.15) is 12.5 Å². The third kappa shape index (κ3) is 3.22. The van der Waals surface area contributed by atoms with Crippen molar-refractivity contribution in [2.45, 2.75) is 18.7 Å². The predicted octanol–water partition coefficient (Wildman–Crippen LogP) is 1.37. The molecule has 0 saturated heterocycles. The number of hydrogen-bond donors (Lipinski definition) is 0. The first-order valence-electron chi connectivity index (χ1n) is 5.39. The molecule has 0 N–H and O–H groups in total. The Hall–Kier alpha value is -1.58. The highest BCUT2D eigenvalue weighted by Gasteiger charge is 2.25. The Kier molecular flexibility index (Phi) is 4.70. The Morgan fingerprint density at radius 1 is 1.50 bits per heavy atom. The minimum atomic E-state index is -3.58. The summed E-state index contributed by atoms with van der Waals surface area (Å²) in [6, 6.07) is 8.90. The van der Waals surface area contributed by atoms with E-state index in [-0.39, 0.29) is 6.54 Å². The molecular formula is C12H16N2O3S. The maximum atomic E-state index is 11.9. The zero-order valence-electron chi connectivity index (χ0n) is 10.6. The Morgan fingerprint density at radius 3 is 2.72 bits per heavy atom. The minimum Gasteiger partial charge on any atom is -0.497 e. The van der Waals surface area contributed by atoms with Gasteiger partial charge in [-0.15, -0.1) is 0 Å². The third-order valence-corrected chi connectivity index (χ3v) is 4.60. The van der Waals surface area contributed by atoms with Crippen LogP contribution in [0.3, 0.4) is 0 Å². The molecule has 0 spiro atoms. The molecule has 1 aromatic carbocycles. The highest BCUT2D eigenvalue weighted by atomic mass is 32.2. The maximum absolute atomic E-state index is 11.9. The number of hydrogen-bond acceptors (Lipinski definition) is 4. The summed E-state index contributed by atoms with van der Waals surface area (Å²) in [5, 5.41) is 7.64. The second-order valence-corrected chi connectivity index (χ2v) is 6.28. The zero-order chi connectivity index (χ0) is 13.8. The van der Waals surface area contributed by atoms with Crippen molar-refractivity contribution in [3.63, 3.8) is 0 Å². The lowest BCUT2D eigenvalue weighted by atomic mass is 10.2. The summed E-state index contributed by atoms with van der Waals surface area (Å²) in [5.74, 6) is 0.673. The van der Waals surface area contributed by atoms with E-state index in [1.807, 2.05) is 6.07 Å². The lowest BCUT2D eigenvalue weighted by Gasteiger charge is -2.18. The summed E-state index contributed by atoms with van der Waals surface area (Å²) in [6.45, 7) is 1.59. The monoisotopic (exact) mass is 268 g/mol. The second kappa shape index (κ2) is 5.85. The Labute approximate surface area is 108 Å². The predicted molar refractivity (Wildman–Crippen MR) is 68.5 cm³/mol. The molecule has 0 aliphatic rings. The maximum Gasteiger partial charge on any atom is 0.230 e. The molecule has 0 amide bonds. The van der Waals surface area contributed by atoms with E-state index < -0.39 is 15.3 Å². The Morgan fingerprint density at radius 2 is 2.17 bits per heavy atom. The van der Waals surface area contributed by atoms with Gasteiger partial charge in [0.1, 0.15) is 5.75 Å². The van der Waals surface area contributed by atoms with Crippen LogP contribution in [0.4, 0.5) is 0 Å². The van der Waals surface area contributed by atoms with Crippen molar-refractivity contribution in [2.24, 2.45) is 0 Å². The van der Waals surface area contributed by atoms with Gasteiger partial charge in [0.05, 0.1) is 13.2 Å². The molecule has 0 aliphatic heterocycles. The third-order valence-electron chi connectivity index (χ3n) is 2.60. The molecule has 1 aromatic rings. The van der Waals surface area contributed by atoms with Crippen LogP contribution in [0.2, 0.25) is 0 Å². The van der Waals surface area contributed by atoms with Crippen LogP contribution >= 0.6 is 0 Å². The molecule has 98 valence electrons. The second-order valence-electron chi connectivity index (χ2n) is 3.92. The molecule has 0 bridgehead atoms. The summed E-state index contributed by atoms with van der Waals surface area (Å²) in [5.41, 5.74) is 0.811. The quantitative estimate of drug-likeness (QED) is 0.808. The average molecular weight is 268 g/mol. The fraction of sp³-hybridized carbons (Fsp3) is 0.417. The first-order valence-corrected chi connectivity index (χ1v) is 6.90. The van der Waals surface area contributed by atoms with Crippen LogP contribution in [-0.4, -0.2) is 32.1 Å². The van der Waals surface area contributed by atoms with E-state index in [0.29, 0.717) is 5.75 Å². The van der Waals surface area contributed by atoms with Crippen molar-refractivity contribution in [1.82, 2.24) is 4.31 Å². The van der Waals surface area contributed by atoms with Crippen molar-refractivity contribution in [3.05, 3.63) is 29.8 Å². The van der Waals surface area contributed by atoms with Gasteiger partial charge in [0.15, 0.2) is 5.25 Å². The van der Waals surface area contributed by atoms with E-state index in [4.69, 9.17) is 10.00 Å². The van der Waals surface area contributed by atoms with Crippen molar-refractivity contribution < 1.29 is 13.2 Å².